The molecule has 0 saturated heterocycles. The molecule has 0 radical (unpaired) electrons. The molecule has 0 atom stereocenters. The number of benzene rings is 3. The standard InChI is InChI=1S/C27H20ClN3O3S/c1-17-25(35-20-13-7-4-8-14-20)26(31(29-17)19-11-5-3-6-12-19)33-27(32)23-18(2)34-30-24(23)21-15-9-10-16-22(21)28/h3-16H,1-2H3. The molecule has 0 fully saturated rings. The highest BCUT2D eigenvalue weighted by molar-refractivity contribution is 7.99. The average Bonchev–Trinajstić information content (AvgIpc) is 3.40. The number of aryl methyl sites for hydroxylation is 2. The zero-order valence-corrected chi connectivity index (χ0v) is 20.5. The van der Waals surface area contributed by atoms with Crippen LogP contribution in [0, 0.1) is 13.8 Å². The van der Waals surface area contributed by atoms with Crippen LogP contribution in [0.25, 0.3) is 16.9 Å². The molecule has 0 aliphatic heterocycles. The van der Waals surface area contributed by atoms with E-state index in [2.05, 4.69) is 10.3 Å². The van der Waals surface area contributed by atoms with Gasteiger partial charge in [0.25, 0.3) is 0 Å². The lowest BCUT2D eigenvalue weighted by Crippen LogP contribution is -2.14. The molecule has 5 rings (SSSR count). The Bertz CT molecular complexity index is 1500. The van der Waals surface area contributed by atoms with E-state index in [1.165, 1.54) is 11.8 Å². The van der Waals surface area contributed by atoms with Crippen molar-refractivity contribution < 1.29 is 14.1 Å². The first-order valence-corrected chi connectivity index (χ1v) is 12.0. The van der Waals surface area contributed by atoms with Crippen LogP contribution in [-0.4, -0.2) is 20.9 Å². The Balaban J connectivity index is 1.59. The van der Waals surface area contributed by atoms with Gasteiger partial charge in [0, 0.05) is 10.5 Å². The van der Waals surface area contributed by atoms with E-state index < -0.39 is 5.97 Å². The van der Waals surface area contributed by atoms with Crippen LogP contribution < -0.4 is 4.74 Å². The number of rotatable bonds is 6. The van der Waals surface area contributed by atoms with Gasteiger partial charge in [-0.25, -0.2) is 4.79 Å². The van der Waals surface area contributed by atoms with Gasteiger partial charge in [0.05, 0.1) is 21.3 Å². The lowest BCUT2D eigenvalue weighted by molar-refractivity contribution is 0.0717. The van der Waals surface area contributed by atoms with Gasteiger partial charge in [-0.3, -0.25) is 0 Å². The summed E-state index contributed by atoms with van der Waals surface area (Å²) in [7, 11) is 0. The van der Waals surface area contributed by atoms with Crippen LogP contribution in [0.2, 0.25) is 5.02 Å². The van der Waals surface area contributed by atoms with Crippen LogP contribution in [0.4, 0.5) is 0 Å². The quantitative estimate of drug-likeness (QED) is 0.230. The first-order valence-electron chi connectivity index (χ1n) is 10.8. The molecule has 0 unspecified atom stereocenters. The molecular weight excluding hydrogens is 482 g/mol. The number of esters is 1. The minimum Gasteiger partial charge on any atom is -0.402 e. The largest absolute Gasteiger partial charge is 0.402 e. The van der Waals surface area contributed by atoms with Crippen LogP contribution >= 0.6 is 23.4 Å². The highest BCUT2D eigenvalue weighted by atomic mass is 35.5. The summed E-state index contributed by atoms with van der Waals surface area (Å²) in [5, 5.41) is 9.24. The molecule has 6 nitrogen and oxygen atoms in total. The highest BCUT2D eigenvalue weighted by Crippen LogP contribution is 2.40. The summed E-state index contributed by atoms with van der Waals surface area (Å²) in [6, 6.07) is 26.5. The Kier molecular flexibility index (Phi) is 6.44. The normalized spacial score (nSPS) is 10.9. The molecule has 35 heavy (non-hydrogen) atoms. The maximum Gasteiger partial charge on any atom is 0.350 e. The Morgan fingerprint density at radius 1 is 0.943 bits per heavy atom. The molecule has 0 aliphatic carbocycles. The molecule has 3 aromatic carbocycles. The number of nitrogens with zero attached hydrogens (tertiary/aromatic N) is 3. The van der Waals surface area contributed by atoms with Crippen molar-refractivity contribution in [1.82, 2.24) is 14.9 Å². The van der Waals surface area contributed by atoms with Crippen molar-refractivity contribution >= 4 is 29.3 Å². The van der Waals surface area contributed by atoms with Crippen molar-refractivity contribution in [3.8, 4) is 22.8 Å². The summed E-state index contributed by atoms with van der Waals surface area (Å²) in [5.41, 5.74) is 2.64. The predicted molar refractivity (Wildman–Crippen MR) is 136 cm³/mol. The molecule has 0 bridgehead atoms. The van der Waals surface area contributed by atoms with Gasteiger partial charge in [-0.15, -0.1) is 0 Å². The van der Waals surface area contributed by atoms with Gasteiger partial charge in [0.15, 0.2) is 0 Å². The Hall–Kier alpha value is -3.81. The van der Waals surface area contributed by atoms with E-state index in [9.17, 15) is 4.79 Å². The number of hydrogen-bond donors (Lipinski definition) is 0. The van der Waals surface area contributed by atoms with E-state index >= 15 is 0 Å². The summed E-state index contributed by atoms with van der Waals surface area (Å²) in [5.74, 6) is 0.0496. The van der Waals surface area contributed by atoms with Gasteiger partial charge in [-0.2, -0.15) is 9.78 Å². The monoisotopic (exact) mass is 501 g/mol. The second-order valence-electron chi connectivity index (χ2n) is 7.71. The third-order valence-electron chi connectivity index (χ3n) is 5.31. The van der Waals surface area contributed by atoms with Gasteiger partial charge in [0.2, 0.25) is 5.88 Å². The minimum atomic E-state index is -0.606. The summed E-state index contributed by atoms with van der Waals surface area (Å²) in [6.07, 6.45) is 0. The van der Waals surface area contributed by atoms with Gasteiger partial charge in [-0.05, 0) is 44.2 Å². The van der Waals surface area contributed by atoms with Crippen molar-refractivity contribution in [2.24, 2.45) is 0 Å². The van der Waals surface area contributed by atoms with Crippen LogP contribution in [0.5, 0.6) is 5.88 Å². The van der Waals surface area contributed by atoms with Gasteiger partial charge in [-0.1, -0.05) is 83.1 Å². The van der Waals surface area contributed by atoms with E-state index in [0.717, 1.165) is 21.2 Å². The van der Waals surface area contributed by atoms with Crippen LogP contribution in [0.15, 0.2) is 99.2 Å². The maximum atomic E-state index is 13.6. The van der Waals surface area contributed by atoms with Gasteiger partial charge < -0.3 is 9.26 Å². The number of ether oxygens (including phenoxy) is 1. The Morgan fingerprint density at radius 2 is 1.60 bits per heavy atom. The number of carbonyl (C=O) groups excluding carboxylic acids is 1. The van der Waals surface area contributed by atoms with Crippen molar-refractivity contribution in [2.75, 3.05) is 0 Å². The highest BCUT2D eigenvalue weighted by Gasteiger charge is 2.28. The fourth-order valence-corrected chi connectivity index (χ4v) is 4.80. The third-order valence-corrected chi connectivity index (χ3v) is 6.83. The van der Waals surface area contributed by atoms with E-state index in [0.29, 0.717) is 27.9 Å². The molecule has 0 N–H and O–H groups in total. The van der Waals surface area contributed by atoms with Gasteiger partial charge in [0.1, 0.15) is 17.0 Å². The molecule has 0 aliphatic rings. The molecule has 174 valence electrons. The van der Waals surface area contributed by atoms with Crippen molar-refractivity contribution in [3.63, 3.8) is 0 Å². The average molecular weight is 502 g/mol. The smallest absolute Gasteiger partial charge is 0.350 e. The number of carbonyl (C=O) groups is 1. The Labute approximate surface area is 211 Å². The fraction of sp³-hybridized carbons (Fsp3) is 0.0741. The first kappa shape index (κ1) is 23.0. The van der Waals surface area contributed by atoms with Crippen molar-refractivity contribution in [3.05, 3.63) is 107 Å². The topological polar surface area (TPSA) is 70.2 Å². The zero-order valence-electron chi connectivity index (χ0n) is 18.9. The van der Waals surface area contributed by atoms with Gasteiger partial charge >= 0.3 is 5.97 Å². The predicted octanol–water partition coefficient (Wildman–Crippen LogP) is 7.17. The fourth-order valence-electron chi connectivity index (χ4n) is 3.64. The number of halogens is 1. The van der Waals surface area contributed by atoms with E-state index in [4.69, 9.17) is 20.9 Å². The Morgan fingerprint density at radius 3 is 2.31 bits per heavy atom. The number of aromatic nitrogens is 3. The summed E-state index contributed by atoms with van der Waals surface area (Å²) in [4.78, 5) is 15.3. The molecule has 5 aromatic rings. The van der Waals surface area contributed by atoms with Crippen molar-refractivity contribution in [2.45, 2.75) is 23.6 Å². The van der Waals surface area contributed by atoms with Crippen molar-refractivity contribution in [1.29, 1.82) is 0 Å². The molecule has 2 heterocycles. The van der Waals surface area contributed by atoms with E-state index in [-0.39, 0.29) is 5.56 Å². The maximum absolute atomic E-state index is 13.6. The SMILES string of the molecule is Cc1nn(-c2ccccc2)c(OC(=O)c2c(-c3ccccc3Cl)noc2C)c1Sc1ccccc1. The molecule has 0 saturated carbocycles. The minimum absolute atomic E-state index is 0.215. The molecule has 2 aromatic heterocycles. The van der Waals surface area contributed by atoms with E-state index in [1.807, 2.05) is 79.7 Å². The number of para-hydroxylation sites is 1. The summed E-state index contributed by atoms with van der Waals surface area (Å²) >= 11 is 7.86. The third kappa shape index (κ3) is 4.60. The summed E-state index contributed by atoms with van der Waals surface area (Å²) in [6.45, 7) is 3.56. The number of hydrogen-bond acceptors (Lipinski definition) is 6. The van der Waals surface area contributed by atoms with Crippen LogP contribution in [0.1, 0.15) is 21.8 Å². The zero-order chi connectivity index (χ0) is 24.4. The molecular formula is C27H20ClN3O3S. The lowest BCUT2D eigenvalue weighted by Gasteiger charge is -2.11. The second-order valence-corrected chi connectivity index (χ2v) is 9.20. The van der Waals surface area contributed by atoms with E-state index in [1.54, 1.807) is 23.7 Å². The molecule has 8 heteroatoms. The molecule has 0 amide bonds. The summed E-state index contributed by atoms with van der Waals surface area (Å²) < 4.78 is 13.1. The lowest BCUT2D eigenvalue weighted by atomic mass is 10.1. The second kappa shape index (κ2) is 9.82. The molecule has 0 spiro atoms. The first-order chi connectivity index (χ1) is 17.0. The van der Waals surface area contributed by atoms with Crippen LogP contribution in [-0.2, 0) is 0 Å². The van der Waals surface area contributed by atoms with Crippen LogP contribution in [0.3, 0.4) is 0 Å².